The molecule has 0 aliphatic carbocycles. The summed E-state index contributed by atoms with van der Waals surface area (Å²) in [6.45, 7) is 5.59. The second-order valence-electron chi connectivity index (χ2n) is 5.22. The predicted octanol–water partition coefficient (Wildman–Crippen LogP) is 1.61. The van der Waals surface area contributed by atoms with Gasteiger partial charge < -0.3 is 15.7 Å². The fraction of sp³-hybridized carbons (Fsp3) is 0.533. The van der Waals surface area contributed by atoms with E-state index < -0.39 is 6.10 Å². The molecule has 1 unspecified atom stereocenters. The summed E-state index contributed by atoms with van der Waals surface area (Å²) >= 11 is 0. The first kappa shape index (κ1) is 16.6. The van der Waals surface area contributed by atoms with Crippen molar-refractivity contribution in [3.05, 3.63) is 35.6 Å². The number of halogens is 1. The van der Waals surface area contributed by atoms with E-state index in [0.717, 1.165) is 0 Å². The van der Waals surface area contributed by atoms with E-state index in [9.17, 15) is 14.3 Å². The van der Waals surface area contributed by atoms with Gasteiger partial charge in [-0.25, -0.2) is 4.39 Å². The van der Waals surface area contributed by atoms with Crippen LogP contribution in [-0.4, -0.2) is 30.6 Å². The molecule has 0 saturated carbocycles. The van der Waals surface area contributed by atoms with Gasteiger partial charge in [0.1, 0.15) is 5.82 Å². The molecule has 0 aliphatic heterocycles. The number of hydrogen-bond acceptors (Lipinski definition) is 3. The van der Waals surface area contributed by atoms with Gasteiger partial charge in [0.25, 0.3) is 0 Å². The summed E-state index contributed by atoms with van der Waals surface area (Å²) in [4.78, 5) is 11.4. The lowest BCUT2D eigenvalue weighted by atomic mass is 10.1. The average Bonchev–Trinajstić information content (AvgIpc) is 2.42. The third-order valence-corrected chi connectivity index (χ3v) is 2.83. The minimum absolute atomic E-state index is 0.00229. The molecule has 112 valence electrons. The molecule has 1 amide bonds. The highest BCUT2D eigenvalue weighted by molar-refractivity contribution is 5.76. The fourth-order valence-electron chi connectivity index (χ4n) is 1.65. The van der Waals surface area contributed by atoms with Crippen molar-refractivity contribution in [1.29, 1.82) is 0 Å². The highest BCUT2D eigenvalue weighted by Gasteiger charge is 2.07. The topological polar surface area (TPSA) is 61.4 Å². The van der Waals surface area contributed by atoms with Gasteiger partial charge in [0.2, 0.25) is 5.91 Å². The molecule has 1 aromatic carbocycles. The summed E-state index contributed by atoms with van der Waals surface area (Å²) in [5, 5.41) is 15.7. The quantitative estimate of drug-likeness (QED) is 0.635. The molecular formula is C15H23FN2O2. The van der Waals surface area contributed by atoms with Gasteiger partial charge in [-0.3, -0.25) is 4.79 Å². The largest absolute Gasteiger partial charge is 0.387 e. The Kier molecular flexibility index (Phi) is 7.18. The first-order valence-electron chi connectivity index (χ1n) is 6.90. The lowest BCUT2D eigenvalue weighted by Crippen LogP contribution is -2.31. The SMILES string of the molecule is CC(C)CNC(=O)CCNCC(O)c1ccc(F)cc1. The smallest absolute Gasteiger partial charge is 0.221 e. The van der Waals surface area contributed by atoms with Crippen LogP contribution in [0.3, 0.4) is 0 Å². The van der Waals surface area contributed by atoms with Crippen molar-refractivity contribution in [2.45, 2.75) is 26.4 Å². The Morgan fingerprint density at radius 3 is 2.50 bits per heavy atom. The van der Waals surface area contributed by atoms with E-state index in [1.54, 1.807) is 12.1 Å². The molecule has 1 atom stereocenters. The number of rotatable bonds is 8. The number of aliphatic hydroxyl groups is 1. The molecular weight excluding hydrogens is 259 g/mol. The molecule has 20 heavy (non-hydrogen) atoms. The number of carbonyl (C=O) groups is 1. The predicted molar refractivity (Wildman–Crippen MR) is 76.7 cm³/mol. The molecule has 0 aromatic heterocycles. The van der Waals surface area contributed by atoms with Gasteiger partial charge >= 0.3 is 0 Å². The maximum atomic E-state index is 12.7. The van der Waals surface area contributed by atoms with Crippen LogP contribution in [0.5, 0.6) is 0 Å². The minimum Gasteiger partial charge on any atom is -0.387 e. The van der Waals surface area contributed by atoms with E-state index in [2.05, 4.69) is 10.6 Å². The first-order valence-corrected chi connectivity index (χ1v) is 6.90. The number of amides is 1. The third-order valence-electron chi connectivity index (χ3n) is 2.83. The van der Waals surface area contributed by atoms with E-state index in [1.807, 2.05) is 13.8 Å². The van der Waals surface area contributed by atoms with E-state index in [0.29, 0.717) is 37.5 Å². The van der Waals surface area contributed by atoms with Crippen molar-refractivity contribution >= 4 is 5.91 Å². The van der Waals surface area contributed by atoms with Crippen LogP contribution >= 0.6 is 0 Å². The minimum atomic E-state index is -0.700. The lowest BCUT2D eigenvalue weighted by Gasteiger charge is -2.12. The summed E-state index contributed by atoms with van der Waals surface area (Å²) < 4.78 is 12.7. The highest BCUT2D eigenvalue weighted by Crippen LogP contribution is 2.12. The normalized spacial score (nSPS) is 12.4. The molecule has 5 heteroatoms. The molecule has 0 aliphatic rings. The number of carbonyl (C=O) groups excluding carboxylic acids is 1. The Labute approximate surface area is 119 Å². The van der Waals surface area contributed by atoms with Crippen molar-refractivity contribution < 1.29 is 14.3 Å². The zero-order valence-corrected chi connectivity index (χ0v) is 12.0. The summed E-state index contributed by atoms with van der Waals surface area (Å²) in [6, 6.07) is 5.74. The van der Waals surface area contributed by atoms with Gasteiger partial charge in [0, 0.05) is 26.1 Å². The van der Waals surface area contributed by atoms with Crippen LogP contribution in [0.2, 0.25) is 0 Å². The van der Waals surface area contributed by atoms with Crippen LogP contribution in [0.15, 0.2) is 24.3 Å². The number of hydrogen-bond donors (Lipinski definition) is 3. The maximum Gasteiger partial charge on any atom is 0.221 e. The molecule has 0 bridgehead atoms. The average molecular weight is 282 g/mol. The highest BCUT2D eigenvalue weighted by atomic mass is 19.1. The maximum absolute atomic E-state index is 12.7. The first-order chi connectivity index (χ1) is 9.49. The molecule has 0 radical (unpaired) electrons. The molecule has 0 fully saturated rings. The number of nitrogens with one attached hydrogen (secondary N) is 2. The van der Waals surface area contributed by atoms with Crippen LogP contribution in [-0.2, 0) is 4.79 Å². The van der Waals surface area contributed by atoms with Gasteiger partial charge in [0.15, 0.2) is 0 Å². The second kappa shape index (κ2) is 8.66. The monoisotopic (exact) mass is 282 g/mol. The lowest BCUT2D eigenvalue weighted by molar-refractivity contribution is -0.121. The molecule has 4 nitrogen and oxygen atoms in total. The molecule has 3 N–H and O–H groups in total. The van der Waals surface area contributed by atoms with Crippen LogP contribution < -0.4 is 10.6 Å². The van der Waals surface area contributed by atoms with Gasteiger partial charge in [0.05, 0.1) is 6.10 Å². The van der Waals surface area contributed by atoms with Gasteiger partial charge in [-0.15, -0.1) is 0 Å². The van der Waals surface area contributed by atoms with Gasteiger partial charge in [-0.1, -0.05) is 26.0 Å². The van der Waals surface area contributed by atoms with Crippen LogP contribution in [0.25, 0.3) is 0 Å². The number of aliphatic hydroxyl groups excluding tert-OH is 1. The molecule has 0 heterocycles. The van der Waals surface area contributed by atoms with Crippen molar-refractivity contribution in [2.75, 3.05) is 19.6 Å². The molecule has 1 aromatic rings. The van der Waals surface area contributed by atoms with E-state index >= 15 is 0 Å². The van der Waals surface area contributed by atoms with E-state index in [-0.39, 0.29) is 11.7 Å². The van der Waals surface area contributed by atoms with Gasteiger partial charge in [-0.05, 0) is 23.6 Å². The Hall–Kier alpha value is -1.46. The van der Waals surface area contributed by atoms with E-state index in [4.69, 9.17) is 0 Å². The van der Waals surface area contributed by atoms with Crippen molar-refractivity contribution in [3.63, 3.8) is 0 Å². The van der Waals surface area contributed by atoms with E-state index in [1.165, 1.54) is 12.1 Å². The molecule has 0 saturated heterocycles. The zero-order valence-electron chi connectivity index (χ0n) is 12.0. The van der Waals surface area contributed by atoms with Crippen LogP contribution in [0.4, 0.5) is 4.39 Å². The third kappa shape index (κ3) is 6.63. The summed E-state index contributed by atoms with van der Waals surface area (Å²) in [7, 11) is 0. The van der Waals surface area contributed by atoms with Crippen molar-refractivity contribution in [2.24, 2.45) is 5.92 Å². The van der Waals surface area contributed by atoms with Crippen molar-refractivity contribution in [3.8, 4) is 0 Å². The Balaban J connectivity index is 2.17. The Morgan fingerprint density at radius 2 is 1.90 bits per heavy atom. The summed E-state index contributed by atoms with van der Waals surface area (Å²) in [5.41, 5.74) is 0.656. The van der Waals surface area contributed by atoms with Gasteiger partial charge in [-0.2, -0.15) is 0 Å². The standard InChI is InChI=1S/C15H23FN2O2/c1-11(2)9-18-15(20)7-8-17-10-14(19)12-3-5-13(16)6-4-12/h3-6,11,14,17,19H,7-10H2,1-2H3,(H,18,20). The molecule has 1 rings (SSSR count). The second-order valence-corrected chi connectivity index (χ2v) is 5.22. The fourth-order valence-corrected chi connectivity index (χ4v) is 1.65. The summed E-state index contributed by atoms with van der Waals surface area (Å²) in [5.74, 6) is 0.116. The van der Waals surface area contributed by atoms with Crippen molar-refractivity contribution in [1.82, 2.24) is 10.6 Å². The Morgan fingerprint density at radius 1 is 1.25 bits per heavy atom. The van der Waals surface area contributed by atoms with Crippen LogP contribution in [0.1, 0.15) is 31.9 Å². The zero-order chi connectivity index (χ0) is 15.0. The molecule has 0 spiro atoms. The Bertz CT molecular complexity index is 407. The number of benzene rings is 1. The summed E-state index contributed by atoms with van der Waals surface area (Å²) in [6.07, 6.45) is -0.322. The van der Waals surface area contributed by atoms with Crippen LogP contribution in [0, 0.1) is 11.7 Å².